The van der Waals surface area contributed by atoms with E-state index in [0.29, 0.717) is 28.1 Å². The highest BCUT2D eigenvalue weighted by atomic mass is 19.1. The van der Waals surface area contributed by atoms with Gasteiger partial charge in [-0.2, -0.15) is 5.10 Å². The van der Waals surface area contributed by atoms with Gasteiger partial charge in [0.05, 0.1) is 5.69 Å². The van der Waals surface area contributed by atoms with Crippen molar-refractivity contribution < 1.29 is 14.0 Å². The van der Waals surface area contributed by atoms with E-state index in [1.54, 1.807) is 55.1 Å². The molecule has 3 rings (SSSR count). The van der Waals surface area contributed by atoms with Crippen LogP contribution in [0.4, 0.5) is 10.1 Å². The number of rotatable bonds is 4. The minimum atomic E-state index is -0.464. The standard InChI is InChI=1S/C23H24FN3O2/c1-14-9-10-16(24)12-18(14)21(28)15-7-6-8-17(11-15)25-22(29)19-13-20(23(2,3)4)26-27(19)5/h6-13H,1-5H3,(H,25,29). The molecule has 150 valence electrons. The third kappa shape index (κ3) is 4.42. The Kier molecular flexibility index (Phi) is 5.38. The molecule has 0 aliphatic carbocycles. The van der Waals surface area contributed by atoms with E-state index in [1.165, 1.54) is 12.1 Å². The van der Waals surface area contributed by atoms with E-state index < -0.39 is 5.82 Å². The van der Waals surface area contributed by atoms with Gasteiger partial charge in [-0.3, -0.25) is 14.3 Å². The Labute approximate surface area is 169 Å². The average Bonchev–Trinajstić information content (AvgIpc) is 3.05. The third-order valence-electron chi connectivity index (χ3n) is 4.71. The lowest BCUT2D eigenvalue weighted by Gasteiger charge is -2.13. The monoisotopic (exact) mass is 393 g/mol. The number of carbonyl (C=O) groups excluding carboxylic acids is 2. The van der Waals surface area contributed by atoms with Gasteiger partial charge in [0.1, 0.15) is 11.5 Å². The van der Waals surface area contributed by atoms with Gasteiger partial charge in [0.25, 0.3) is 5.91 Å². The maximum Gasteiger partial charge on any atom is 0.273 e. The Hall–Kier alpha value is -3.28. The minimum Gasteiger partial charge on any atom is -0.321 e. The first kappa shape index (κ1) is 20.5. The first-order valence-electron chi connectivity index (χ1n) is 9.33. The second-order valence-corrected chi connectivity index (χ2v) is 8.11. The van der Waals surface area contributed by atoms with E-state index in [4.69, 9.17) is 0 Å². The molecular formula is C23H24FN3O2. The lowest BCUT2D eigenvalue weighted by atomic mass is 9.92. The van der Waals surface area contributed by atoms with Gasteiger partial charge in [-0.15, -0.1) is 0 Å². The second-order valence-electron chi connectivity index (χ2n) is 8.11. The van der Waals surface area contributed by atoms with Crippen LogP contribution in [0.5, 0.6) is 0 Å². The SMILES string of the molecule is Cc1ccc(F)cc1C(=O)c1cccc(NC(=O)c2cc(C(C)(C)C)nn2C)c1. The molecule has 0 saturated carbocycles. The molecule has 29 heavy (non-hydrogen) atoms. The molecular weight excluding hydrogens is 369 g/mol. The Morgan fingerprint density at radius 2 is 1.79 bits per heavy atom. The summed E-state index contributed by atoms with van der Waals surface area (Å²) in [5, 5.41) is 7.22. The van der Waals surface area contributed by atoms with Crippen molar-refractivity contribution in [1.29, 1.82) is 0 Å². The van der Waals surface area contributed by atoms with Crippen molar-refractivity contribution in [2.75, 3.05) is 5.32 Å². The summed E-state index contributed by atoms with van der Waals surface area (Å²) < 4.78 is 15.1. The van der Waals surface area contributed by atoms with Crippen molar-refractivity contribution in [3.8, 4) is 0 Å². The molecule has 0 bridgehead atoms. The molecule has 3 aromatic rings. The Bertz CT molecular complexity index is 1090. The highest BCUT2D eigenvalue weighted by molar-refractivity contribution is 6.11. The fourth-order valence-corrected chi connectivity index (χ4v) is 2.97. The molecule has 0 radical (unpaired) electrons. The minimum absolute atomic E-state index is 0.175. The number of nitrogens with zero attached hydrogens (tertiary/aromatic N) is 2. The number of aromatic nitrogens is 2. The van der Waals surface area contributed by atoms with Gasteiger partial charge in [0, 0.05) is 29.3 Å². The van der Waals surface area contributed by atoms with Gasteiger partial charge in [0.2, 0.25) is 0 Å². The van der Waals surface area contributed by atoms with Crippen molar-refractivity contribution in [3.05, 3.63) is 82.4 Å². The molecule has 0 spiro atoms. The predicted octanol–water partition coefficient (Wildman–Crippen LogP) is 4.65. The van der Waals surface area contributed by atoms with Crippen LogP contribution in [0.15, 0.2) is 48.5 Å². The fraction of sp³-hybridized carbons (Fsp3) is 0.261. The number of hydrogen-bond donors (Lipinski definition) is 1. The summed E-state index contributed by atoms with van der Waals surface area (Å²) in [7, 11) is 1.72. The van der Waals surface area contributed by atoms with Gasteiger partial charge < -0.3 is 5.32 Å². The molecule has 0 saturated heterocycles. The third-order valence-corrected chi connectivity index (χ3v) is 4.71. The molecule has 1 amide bonds. The average molecular weight is 393 g/mol. The van der Waals surface area contributed by atoms with Gasteiger partial charge >= 0.3 is 0 Å². The number of amides is 1. The number of aryl methyl sites for hydroxylation is 2. The normalized spacial score (nSPS) is 11.4. The summed E-state index contributed by atoms with van der Waals surface area (Å²) in [6, 6.07) is 12.5. The number of anilines is 1. The molecule has 1 N–H and O–H groups in total. The lowest BCUT2D eigenvalue weighted by Crippen LogP contribution is -2.16. The van der Waals surface area contributed by atoms with E-state index in [2.05, 4.69) is 10.4 Å². The van der Waals surface area contributed by atoms with E-state index in [-0.39, 0.29) is 17.1 Å². The van der Waals surface area contributed by atoms with Gasteiger partial charge in [-0.05, 0) is 42.8 Å². The zero-order chi connectivity index (χ0) is 21.3. The van der Waals surface area contributed by atoms with Crippen molar-refractivity contribution in [2.45, 2.75) is 33.1 Å². The van der Waals surface area contributed by atoms with Crippen LogP contribution in [-0.4, -0.2) is 21.5 Å². The Morgan fingerprint density at radius 1 is 1.07 bits per heavy atom. The zero-order valence-corrected chi connectivity index (χ0v) is 17.2. The largest absolute Gasteiger partial charge is 0.321 e. The molecule has 0 aliphatic heterocycles. The first-order chi connectivity index (χ1) is 13.6. The van der Waals surface area contributed by atoms with E-state index in [1.807, 2.05) is 20.8 Å². The number of ketones is 1. The number of carbonyl (C=O) groups is 2. The topological polar surface area (TPSA) is 64.0 Å². The molecule has 0 fully saturated rings. The van der Waals surface area contributed by atoms with E-state index in [9.17, 15) is 14.0 Å². The molecule has 2 aromatic carbocycles. The molecule has 6 heteroatoms. The molecule has 0 unspecified atom stereocenters. The number of benzene rings is 2. The summed E-state index contributed by atoms with van der Waals surface area (Å²) in [5.41, 5.74) is 2.91. The quantitative estimate of drug-likeness (QED) is 0.657. The van der Waals surface area contributed by atoms with E-state index >= 15 is 0 Å². The van der Waals surface area contributed by atoms with Crippen LogP contribution in [0.2, 0.25) is 0 Å². The first-order valence-corrected chi connectivity index (χ1v) is 9.33. The van der Waals surface area contributed by atoms with Crippen LogP contribution >= 0.6 is 0 Å². The van der Waals surface area contributed by atoms with Gasteiger partial charge in [-0.1, -0.05) is 39.0 Å². The highest BCUT2D eigenvalue weighted by Gasteiger charge is 2.22. The summed E-state index contributed by atoms with van der Waals surface area (Å²) in [6.07, 6.45) is 0. The molecule has 1 heterocycles. The zero-order valence-electron chi connectivity index (χ0n) is 17.2. The molecule has 0 aliphatic rings. The summed E-state index contributed by atoms with van der Waals surface area (Å²) >= 11 is 0. The van der Waals surface area contributed by atoms with Crippen LogP contribution in [0.1, 0.15) is 58.4 Å². The smallest absolute Gasteiger partial charge is 0.273 e. The predicted molar refractivity (Wildman–Crippen MR) is 111 cm³/mol. The molecule has 0 atom stereocenters. The summed E-state index contributed by atoms with van der Waals surface area (Å²) in [5.74, 6) is -1.08. The maximum atomic E-state index is 13.6. The van der Waals surface area contributed by atoms with Crippen LogP contribution in [0.25, 0.3) is 0 Å². The van der Waals surface area contributed by atoms with Gasteiger partial charge in [-0.25, -0.2) is 4.39 Å². The number of nitrogens with one attached hydrogen (secondary N) is 1. The second kappa shape index (κ2) is 7.62. The van der Waals surface area contributed by atoms with Crippen LogP contribution in [0, 0.1) is 12.7 Å². The van der Waals surface area contributed by atoms with Crippen molar-refractivity contribution >= 4 is 17.4 Å². The fourth-order valence-electron chi connectivity index (χ4n) is 2.97. The van der Waals surface area contributed by atoms with Crippen LogP contribution in [0.3, 0.4) is 0 Å². The van der Waals surface area contributed by atoms with Crippen molar-refractivity contribution in [2.24, 2.45) is 7.05 Å². The maximum absolute atomic E-state index is 13.6. The Balaban J connectivity index is 1.85. The molecule has 5 nitrogen and oxygen atoms in total. The van der Waals surface area contributed by atoms with Crippen LogP contribution in [-0.2, 0) is 12.5 Å². The van der Waals surface area contributed by atoms with Crippen molar-refractivity contribution in [3.63, 3.8) is 0 Å². The van der Waals surface area contributed by atoms with Crippen LogP contribution < -0.4 is 5.32 Å². The molecule has 1 aromatic heterocycles. The number of hydrogen-bond acceptors (Lipinski definition) is 3. The summed E-state index contributed by atoms with van der Waals surface area (Å²) in [4.78, 5) is 25.5. The summed E-state index contributed by atoms with van der Waals surface area (Å²) in [6.45, 7) is 7.84. The Morgan fingerprint density at radius 3 is 2.45 bits per heavy atom. The van der Waals surface area contributed by atoms with E-state index in [0.717, 1.165) is 5.69 Å². The number of halogens is 1. The lowest BCUT2D eigenvalue weighted by molar-refractivity contribution is 0.101. The van der Waals surface area contributed by atoms with Crippen molar-refractivity contribution in [1.82, 2.24) is 9.78 Å². The van der Waals surface area contributed by atoms with Gasteiger partial charge in [0.15, 0.2) is 5.78 Å². The highest BCUT2D eigenvalue weighted by Crippen LogP contribution is 2.22.